The SMILES string of the molecule is Cc1nn2cccnc2c1-c1cc(F)ccc1OCC1CCCO1. The Morgan fingerprint density at radius 1 is 1.42 bits per heavy atom. The molecule has 1 atom stereocenters. The molecule has 6 heteroatoms. The van der Waals surface area contributed by atoms with Crippen molar-refractivity contribution >= 4 is 5.65 Å². The van der Waals surface area contributed by atoms with Crippen molar-refractivity contribution in [3.05, 3.63) is 48.2 Å². The molecule has 5 nitrogen and oxygen atoms in total. The molecule has 2 aromatic heterocycles. The minimum absolute atomic E-state index is 0.103. The Morgan fingerprint density at radius 3 is 3.17 bits per heavy atom. The second-order valence-corrected chi connectivity index (χ2v) is 5.93. The summed E-state index contributed by atoms with van der Waals surface area (Å²) in [5.74, 6) is 0.305. The molecule has 0 bridgehead atoms. The number of nitrogens with zero attached hydrogens (tertiary/aromatic N) is 3. The van der Waals surface area contributed by atoms with E-state index in [0.717, 1.165) is 30.7 Å². The van der Waals surface area contributed by atoms with Crippen molar-refractivity contribution in [3.63, 3.8) is 0 Å². The first-order valence-corrected chi connectivity index (χ1v) is 8.06. The van der Waals surface area contributed by atoms with E-state index in [-0.39, 0.29) is 11.9 Å². The Morgan fingerprint density at radius 2 is 2.33 bits per heavy atom. The first-order chi connectivity index (χ1) is 11.7. The summed E-state index contributed by atoms with van der Waals surface area (Å²) in [4.78, 5) is 4.38. The Bertz CT molecular complexity index is 872. The van der Waals surface area contributed by atoms with E-state index < -0.39 is 0 Å². The molecule has 1 aromatic carbocycles. The van der Waals surface area contributed by atoms with E-state index in [0.29, 0.717) is 23.6 Å². The van der Waals surface area contributed by atoms with E-state index in [1.807, 2.05) is 19.2 Å². The molecule has 1 unspecified atom stereocenters. The molecule has 0 aliphatic carbocycles. The molecule has 1 aliphatic heterocycles. The molecule has 1 aliphatic rings. The molecule has 4 rings (SSSR count). The van der Waals surface area contributed by atoms with E-state index in [9.17, 15) is 4.39 Å². The molecular formula is C18H18FN3O2. The van der Waals surface area contributed by atoms with Crippen molar-refractivity contribution in [2.24, 2.45) is 0 Å². The predicted molar refractivity (Wildman–Crippen MR) is 87.6 cm³/mol. The van der Waals surface area contributed by atoms with Crippen LogP contribution in [0.15, 0.2) is 36.7 Å². The molecule has 24 heavy (non-hydrogen) atoms. The van der Waals surface area contributed by atoms with Crippen LogP contribution in [0.4, 0.5) is 4.39 Å². The van der Waals surface area contributed by atoms with Gasteiger partial charge >= 0.3 is 0 Å². The predicted octanol–water partition coefficient (Wildman–Crippen LogP) is 3.40. The van der Waals surface area contributed by atoms with Gasteiger partial charge in [0.25, 0.3) is 0 Å². The molecule has 0 radical (unpaired) electrons. The van der Waals surface area contributed by atoms with Crippen LogP contribution in [-0.2, 0) is 4.74 Å². The zero-order valence-corrected chi connectivity index (χ0v) is 13.4. The van der Waals surface area contributed by atoms with Gasteiger partial charge < -0.3 is 9.47 Å². The van der Waals surface area contributed by atoms with Gasteiger partial charge in [-0.1, -0.05) is 0 Å². The van der Waals surface area contributed by atoms with E-state index >= 15 is 0 Å². The van der Waals surface area contributed by atoms with Gasteiger partial charge in [-0.05, 0) is 44.0 Å². The van der Waals surface area contributed by atoms with Crippen molar-refractivity contribution in [1.29, 1.82) is 0 Å². The minimum Gasteiger partial charge on any atom is -0.490 e. The second-order valence-electron chi connectivity index (χ2n) is 5.93. The smallest absolute Gasteiger partial charge is 0.163 e. The fourth-order valence-electron chi connectivity index (χ4n) is 3.09. The zero-order valence-electron chi connectivity index (χ0n) is 13.4. The van der Waals surface area contributed by atoms with Gasteiger partial charge in [-0.15, -0.1) is 0 Å². The second kappa shape index (κ2) is 6.20. The van der Waals surface area contributed by atoms with E-state index in [1.165, 1.54) is 12.1 Å². The minimum atomic E-state index is -0.316. The fourth-order valence-corrected chi connectivity index (χ4v) is 3.09. The first kappa shape index (κ1) is 15.1. The lowest BCUT2D eigenvalue weighted by Crippen LogP contribution is -2.16. The third-order valence-corrected chi connectivity index (χ3v) is 4.23. The van der Waals surface area contributed by atoms with Crippen LogP contribution < -0.4 is 4.74 Å². The standard InChI is InChI=1S/C18H18FN3O2/c1-12-17(18-20-7-3-8-22(18)21-12)15-10-13(19)5-6-16(15)24-11-14-4-2-9-23-14/h3,5-8,10,14H,2,4,9,11H2,1H3. The van der Waals surface area contributed by atoms with Gasteiger partial charge in [0, 0.05) is 24.6 Å². The zero-order chi connectivity index (χ0) is 16.5. The molecule has 0 spiro atoms. The average Bonchev–Trinajstić information content (AvgIpc) is 3.20. The number of ether oxygens (including phenoxy) is 2. The summed E-state index contributed by atoms with van der Waals surface area (Å²) in [6, 6.07) is 6.35. The highest BCUT2D eigenvalue weighted by Crippen LogP contribution is 2.35. The van der Waals surface area contributed by atoms with Crippen LogP contribution in [0.5, 0.6) is 5.75 Å². The Kier molecular flexibility index (Phi) is 3.90. The summed E-state index contributed by atoms with van der Waals surface area (Å²) in [5.41, 5.74) is 2.92. The molecule has 3 aromatic rings. The molecule has 0 saturated carbocycles. The number of halogens is 1. The van der Waals surface area contributed by atoms with Crippen LogP contribution in [0, 0.1) is 12.7 Å². The van der Waals surface area contributed by atoms with Gasteiger partial charge in [0.15, 0.2) is 5.65 Å². The Labute approximate surface area is 139 Å². The van der Waals surface area contributed by atoms with Gasteiger partial charge in [0.05, 0.1) is 17.4 Å². The highest BCUT2D eigenvalue weighted by atomic mass is 19.1. The summed E-state index contributed by atoms with van der Waals surface area (Å²) in [7, 11) is 0. The van der Waals surface area contributed by atoms with Gasteiger partial charge in [-0.2, -0.15) is 5.10 Å². The van der Waals surface area contributed by atoms with Crippen molar-refractivity contribution in [2.75, 3.05) is 13.2 Å². The van der Waals surface area contributed by atoms with Gasteiger partial charge in [0.1, 0.15) is 18.2 Å². The number of rotatable bonds is 4. The summed E-state index contributed by atoms with van der Waals surface area (Å²) >= 11 is 0. The fraction of sp³-hybridized carbons (Fsp3) is 0.333. The maximum Gasteiger partial charge on any atom is 0.163 e. The molecule has 0 N–H and O–H groups in total. The highest BCUT2D eigenvalue weighted by molar-refractivity contribution is 5.83. The van der Waals surface area contributed by atoms with Gasteiger partial charge in [0.2, 0.25) is 0 Å². The van der Waals surface area contributed by atoms with E-state index in [2.05, 4.69) is 10.1 Å². The number of aromatic nitrogens is 3. The van der Waals surface area contributed by atoms with Crippen molar-refractivity contribution in [2.45, 2.75) is 25.9 Å². The summed E-state index contributed by atoms with van der Waals surface area (Å²) < 4.78 is 27.1. The van der Waals surface area contributed by atoms with Crippen molar-refractivity contribution in [3.8, 4) is 16.9 Å². The molecule has 0 amide bonds. The van der Waals surface area contributed by atoms with Gasteiger partial charge in [-0.3, -0.25) is 0 Å². The molecule has 1 saturated heterocycles. The summed E-state index contributed by atoms with van der Waals surface area (Å²) in [5, 5.41) is 4.45. The van der Waals surface area contributed by atoms with E-state index in [4.69, 9.17) is 9.47 Å². The Balaban J connectivity index is 1.75. The van der Waals surface area contributed by atoms with Gasteiger partial charge in [-0.25, -0.2) is 13.9 Å². The third-order valence-electron chi connectivity index (χ3n) is 4.23. The lowest BCUT2D eigenvalue weighted by atomic mass is 10.0. The first-order valence-electron chi connectivity index (χ1n) is 8.06. The van der Waals surface area contributed by atoms with Crippen LogP contribution in [0.3, 0.4) is 0 Å². The largest absolute Gasteiger partial charge is 0.490 e. The molecular weight excluding hydrogens is 309 g/mol. The maximum absolute atomic E-state index is 13.9. The van der Waals surface area contributed by atoms with Crippen LogP contribution in [0.1, 0.15) is 18.5 Å². The molecule has 3 heterocycles. The Hall–Kier alpha value is -2.47. The normalized spacial score (nSPS) is 17.5. The maximum atomic E-state index is 13.9. The molecule has 124 valence electrons. The highest BCUT2D eigenvalue weighted by Gasteiger charge is 2.20. The number of benzene rings is 1. The number of hydrogen-bond donors (Lipinski definition) is 0. The quantitative estimate of drug-likeness (QED) is 0.737. The lowest BCUT2D eigenvalue weighted by Gasteiger charge is -2.14. The van der Waals surface area contributed by atoms with E-state index in [1.54, 1.807) is 16.8 Å². The average molecular weight is 327 g/mol. The summed E-state index contributed by atoms with van der Waals surface area (Å²) in [6.07, 6.45) is 5.68. The number of aryl methyl sites for hydroxylation is 1. The van der Waals surface area contributed by atoms with Crippen molar-refractivity contribution < 1.29 is 13.9 Å². The van der Waals surface area contributed by atoms with Crippen molar-refractivity contribution in [1.82, 2.24) is 14.6 Å². The van der Waals surface area contributed by atoms with Crippen LogP contribution in [0.25, 0.3) is 16.8 Å². The summed E-state index contributed by atoms with van der Waals surface area (Å²) in [6.45, 7) is 3.13. The van der Waals surface area contributed by atoms with Crippen LogP contribution in [0.2, 0.25) is 0 Å². The molecule has 1 fully saturated rings. The van der Waals surface area contributed by atoms with Crippen LogP contribution in [-0.4, -0.2) is 33.9 Å². The third kappa shape index (κ3) is 2.73. The van der Waals surface area contributed by atoms with Crippen LogP contribution >= 0.6 is 0 Å². The topological polar surface area (TPSA) is 48.7 Å². The number of hydrogen-bond acceptors (Lipinski definition) is 4. The lowest BCUT2D eigenvalue weighted by molar-refractivity contribution is 0.0681. The number of fused-ring (bicyclic) bond motifs is 1. The monoisotopic (exact) mass is 327 g/mol.